The molecule has 18 heavy (non-hydrogen) atoms. The van der Waals surface area contributed by atoms with Crippen molar-refractivity contribution in [1.82, 2.24) is 0 Å². The monoisotopic (exact) mass is 305 g/mol. The average Bonchev–Trinajstić information content (AvgIpc) is 2.39. The third-order valence-corrected chi connectivity index (χ3v) is 3.38. The highest BCUT2D eigenvalue weighted by atomic mass is 79.9. The number of rotatable bonds is 4. The highest BCUT2D eigenvalue weighted by Gasteiger charge is 2.01. The fraction of sp³-hybridized carbons (Fsp3) is 0.200. The largest absolute Gasteiger partial charge is 0.489 e. The lowest BCUT2D eigenvalue weighted by Crippen LogP contribution is -2.01. The van der Waals surface area contributed by atoms with E-state index in [0.29, 0.717) is 13.2 Å². The third-order valence-electron chi connectivity index (χ3n) is 2.85. The van der Waals surface area contributed by atoms with Crippen molar-refractivity contribution in [2.75, 3.05) is 0 Å². The molecule has 0 aliphatic rings. The highest BCUT2D eigenvalue weighted by Crippen LogP contribution is 2.18. The Balaban J connectivity index is 2.04. The molecule has 94 valence electrons. The van der Waals surface area contributed by atoms with E-state index in [1.165, 1.54) is 11.1 Å². The van der Waals surface area contributed by atoms with E-state index in [2.05, 4.69) is 35.0 Å². The highest BCUT2D eigenvalue weighted by molar-refractivity contribution is 9.10. The SMILES string of the molecule is Cc1cc(CN)ccc1COc1ccc(Br)cc1. The van der Waals surface area contributed by atoms with Crippen LogP contribution < -0.4 is 10.5 Å². The van der Waals surface area contributed by atoms with Crippen LogP contribution >= 0.6 is 15.9 Å². The molecule has 3 heteroatoms. The molecule has 2 rings (SSSR count). The molecule has 0 atom stereocenters. The van der Waals surface area contributed by atoms with Gasteiger partial charge in [0.15, 0.2) is 0 Å². The zero-order valence-corrected chi connectivity index (χ0v) is 11.9. The molecular formula is C15H16BrNO. The van der Waals surface area contributed by atoms with Gasteiger partial charge in [-0.25, -0.2) is 0 Å². The molecule has 0 aliphatic carbocycles. The van der Waals surface area contributed by atoms with Gasteiger partial charge in [0.2, 0.25) is 0 Å². The van der Waals surface area contributed by atoms with Gasteiger partial charge in [-0.2, -0.15) is 0 Å². The van der Waals surface area contributed by atoms with E-state index in [1.54, 1.807) is 0 Å². The van der Waals surface area contributed by atoms with Crippen molar-refractivity contribution in [2.45, 2.75) is 20.1 Å². The van der Waals surface area contributed by atoms with Crippen LogP contribution in [0.5, 0.6) is 5.75 Å². The van der Waals surface area contributed by atoms with Crippen LogP contribution in [-0.4, -0.2) is 0 Å². The number of benzene rings is 2. The molecule has 2 nitrogen and oxygen atoms in total. The van der Waals surface area contributed by atoms with Crippen molar-refractivity contribution in [1.29, 1.82) is 0 Å². The van der Waals surface area contributed by atoms with Crippen molar-refractivity contribution in [3.63, 3.8) is 0 Å². The Morgan fingerprint density at radius 2 is 1.83 bits per heavy atom. The van der Waals surface area contributed by atoms with Crippen LogP contribution in [0, 0.1) is 6.92 Å². The van der Waals surface area contributed by atoms with E-state index in [4.69, 9.17) is 10.5 Å². The molecule has 2 aromatic carbocycles. The summed E-state index contributed by atoms with van der Waals surface area (Å²) >= 11 is 3.40. The van der Waals surface area contributed by atoms with Gasteiger partial charge in [-0.1, -0.05) is 34.1 Å². The summed E-state index contributed by atoms with van der Waals surface area (Å²) in [6.45, 7) is 3.24. The Hall–Kier alpha value is -1.32. The fourth-order valence-corrected chi connectivity index (χ4v) is 2.00. The summed E-state index contributed by atoms with van der Waals surface area (Å²) in [7, 11) is 0. The lowest BCUT2D eigenvalue weighted by atomic mass is 10.1. The summed E-state index contributed by atoms with van der Waals surface area (Å²) < 4.78 is 6.80. The normalized spacial score (nSPS) is 10.4. The van der Waals surface area contributed by atoms with Crippen LogP contribution in [0.4, 0.5) is 0 Å². The van der Waals surface area contributed by atoms with Crippen LogP contribution in [0.25, 0.3) is 0 Å². The number of hydrogen-bond acceptors (Lipinski definition) is 2. The molecule has 0 aliphatic heterocycles. The van der Waals surface area contributed by atoms with Gasteiger partial charge in [-0.05, 0) is 47.9 Å². The molecule has 0 fully saturated rings. The first-order valence-corrected chi connectivity index (χ1v) is 6.65. The fourth-order valence-electron chi connectivity index (χ4n) is 1.74. The van der Waals surface area contributed by atoms with Crippen molar-refractivity contribution in [2.24, 2.45) is 5.73 Å². The van der Waals surface area contributed by atoms with Crippen molar-refractivity contribution in [3.05, 3.63) is 63.6 Å². The Morgan fingerprint density at radius 3 is 2.44 bits per heavy atom. The van der Waals surface area contributed by atoms with Gasteiger partial charge in [0.1, 0.15) is 12.4 Å². The first-order chi connectivity index (χ1) is 8.69. The first kappa shape index (κ1) is 13.1. The molecule has 0 aromatic heterocycles. The standard InChI is InChI=1S/C15H16BrNO/c1-11-8-12(9-17)2-3-13(11)10-18-15-6-4-14(16)5-7-15/h2-8H,9-10,17H2,1H3. The van der Waals surface area contributed by atoms with Gasteiger partial charge in [-0.15, -0.1) is 0 Å². The van der Waals surface area contributed by atoms with E-state index in [1.807, 2.05) is 30.3 Å². The van der Waals surface area contributed by atoms with Crippen LogP contribution in [-0.2, 0) is 13.2 Å². The first-order valence-electron chi connectivity index (χ1n) is 5.86. The van der Waals surface area contributed by atoms with Gasteiger partial charge < -0.3 is 10.5 Å². The van der Waals surface area contributed by atoms with Gasteiger partial charge in [0.25, 0.3) is 0 Å². The molecule has 0 unspecified atom stereocenters. The summed E-state index contributed by atoms with van der Waals surface area (Å²) in [6.07, 6.45) is 0. The molecule has 0 bridgehead atoms. The van der Waals surface area contributed by atoms with Crippen molar-refractivity contribution >= 4 is 15.9 Å². The summed E-state index contributed by atoms with van der Waals surface area (Å²) in [5.74, 6) is 0.875. The number of aryl methyl sites for hydroxylation is 1. The van der Waals surface area contributed by atoms with Gasteiger partial charge in [-0.3, -0.25) is 0 Å². The summed E-state index contributed by atoms with van der Waals surface area (Å²) in [5, 5.41) is 0. The maximum absolute atomic E-state index is 5.75. The van der Waals surface area contributed by atoms with E-state index in [9.17, 15) is 0 Å². The van der Waals surface area contributed by atoms with Crippen LogP contribution in [0.2, 0.25) is 0 Å². The minimum absolute atomic E-state index is 0.578. The second-order valence-electron chi connectivity index (χ2n) is 4.21. The van der Waals surface area contributed by atoms with E-state index < -0.39 is 0 Å². The van der Waals surface area contributed by atoms with E-state index in [0.717, 1.165) is 15.8 Å². The lowest BCUT2D eigenvalue weighted by molar-refractivity contribution is 0.305. The minimum atomic E-state index is 0.578. The van der Waals surface area contributed by atoms with Crippen molar-refractivity contribution < 1.29 is 4.74 Å². The molecule has 0 amide bonds. The molecule has 0 heterocycles. The number of hydrogen-bond donors (Lipinski definition) is 1. The summed E-state index contributed by atoms with van der Waals surface area (Å²) in [5.41, 5.74) is 9.17. The molecule has 0 spiro atoms. The second-order valence-corrected chi connectivity index (χ2v) is 5.12. The molecule has 0 radical (unpaired) electrons. The van der Waals surface area contributed by atoms with Gasteiger partial charge >= 0.3 is 0 Å². The van der Waals surface area contributed by atoms with E-state index >= 15 is 0 Å². The van der Waals surface area contributed by atoms with Gasteiger partial charge in [0.05, 0.1) is 0 Å². The van der Waals surface area contributed by atoms with Gasteiger partial charge in [0, 0.05) is 11.0 Å². The number of ether oxygens (including phenoxy) is 1. The minimum Gasteiger partial charge on any atom is -0.489 e. The Morgan fingerprint density at radius 1 is 1.11 bits per heavy atom. The Labute approximate surface area is 116 Å². The van der Waals surface area contributed by atoms with Crippen molar-refractivity contribution in [3.8, 4) is 5.75 Å². The van der Waals surface area contributed by atoms with Crippen LogP contribution in [0.3, 0.4) is 0 Å². The Kier molecular flexibility index (Phi) is 4.39. The second kappa shape index (κ2) is 6.03. The zero-order chi connectivity index (χ0) is 13.0. The molecule has 0 saturated heterocycles. The van der Waals surface area contributed by atoms with Crippen LogP contribution in [0.1, 0.15) is 16.7 Å². The maximum atomic E-state index is 5.75. The predicted molar refractivity (Wildman–Crippen MR) is 77.5 cm³/mol. The maximum Gasteiger partial charge on any atom is 0.119 e. The molecule has 2 N–H and O–H groups in total. The molecular weight excluding hydrogens is 290 g/mol. The summed E-state index contributed by atoms with van der Waals surface area (Å²) in [4.78, 5) is 0. The predicted octanol–water partition coefficient (Wildman–Crippen LogP) is 3.80. The Bertz CT molecular complexity index is 523. The lowest BCUT2D eigenvalue weighted by Gasteiger charge is -2.10. The third kappa shape index (κ3) is 3.34. The average molecular weight is 306 g/mol. The van der Waals surface area contributed by atoms with E-state index in [-0.39, 0.29) is 0 Å². The number of halogens is 1. The van der Waals surface area contributed by atoms with Crippen LogP contribution in [0.15, 0.2) is 46.9 Å². The molecule has 0 saturated carbocycles. The molecule has 2 aromatic rings. The topological polar surface area (TPSA) is 35.2 Å². The summed E-state index contributed by atoms with van der Waals surface area (Å²) in [6, 6.07) is 14.1. The number of nitrogens with two attached hydrogens (primary N) is 1. The smallest absolute Gasteiger partial charge is 0.119 e. The quantitative estimate of drug-likeness (QED) is 0.932. The zero-order valence-electron chi connectivity index (χ0n) is 10.3.